The van der Waals surface area contributed by atoms with Gasteiger partial charge in [0.2, 0.25) is 0 Å². The van der Waals surface area contributed by atoms with Gasteiger partial charge in [-0.3, -0.25) is 0 Å². The fourth-order valence-electron chi connectivity index (χ4n) is 2.48. The molecule has 0 radical (unpaired) electrons. The van der Waals surface area contributed by atoms with E-state index in [4.69, 9.17) is 10.5 Å². The molecule has 18 heavy (non-hydrogen) atoms. The average Bonchev–Trinajstić information content (AvgIpc) is 2.76. The Morgan fingerprint density at radius 2 is 2.22 bits per heavy atom. The number of nitrogens with one attached hydrogen (secondary N) is 1. The molecule has 0 heterocycles. The summed E-state index contributed by atoms with van der Waals surface area (Å²) in [4.78, 5) is 11.5. The second kappa shape index (κ2) is 5.29. The van der Waals surface area contributed by atoms with Crippen molar-refractivity contribution in [2.75, 3.05) is 18.2 Å². The van der Waals surface area contributed by atoms with Gasteiger partial charge >= 0.3 is 5.97 Å². The third-order valence-electron chi connectivity index (χ3n) is 3.53. The van der Waals surface area contributed by atoms with Crippen LogP contribution in [0, 0.1) is 5.92 Å². The maximum atomic E-state index is 11.5. The number of methoxy groups -OCH3 is 1. The highest BCUT2D eigenvalue weighted by atomic mass is 16.5. The van der Waals surface area contributed by atoms with Crippen LogP contribution in [-0.4, -0.2) is 19.1 Å². The van der Waals surface area contributed by atoms with Crippen LogP contribution in [-0.2, 0) is 4.74 Å². The monoisotopic (exact) mass is 248 g/mol. The minimum Gasteiger partial charge on any atom is -0.465 e. The van der Waals surface area contributed by atoms with E-state index in [1.165, 1.54) is 13.5 Å². The van der Waals surface area contributed by atoms with E-state index in [9.17, 15) is 4.79 Å². The maximum absolute atomic E-state index is 11.5. The number of hydrogen-bond donors (Lipinski definition) is 2. The molecule has 2 atom stereocenters. The van der Waals surface area contributed by atoms with E-state index in [0.29, 0.717) is 17.3 Å². The van der Waals surface area contributed by atoms with E-state index in [2.05, 4.69) is 12.2 Å². The summed E-state index contributed by atoms with van der Waals surface area (Å²) < 4.78 is 4.71. The first kappa shape index (κ1) is 12.7. The Hall–Kier alpha value is -1.71. The summed E-state index contributed by atoms with van der Waals surface area (Å²) in [7, 11) is 1.38. The molecule has 0 saturated heterocycles. The van der Waals surface area contributed by atoms with Crippen LogP contribution in [0.5, 0.6) is 0 Å². The van der Waals surface area contributed by atoms with Crippen molar-refractivity contribution in [3.8, 4) is 0 Å². The SMILES string of the molecule is COC(=O)c1ccc(N)c(NC2CCC(C)C2)c1. The second-order valence-electron chi connectivity index (χ2n) is 5.05. The summed E-state index contributed by atoms with van der Waals surface area (Å²) >= 11 is 0. The van der Waals surface area contributed by atoms with E-state index in [-0.39, 0.29) is 5.97 Å². The number of esters is 1. The van der Waals surface area contributed by atoms with Crippen LogP contribution in [0.4, 0.5) is 11.4 Å². The fraction of sp³-hybridized carbons (Fsp3) is 0.500. The Morgan fingerprint density at radius 1 is 1.44 bits per heavy atom. The first-order valence-corrected chi connectivity index (χ1v) is 6.34. The van der Waals surface area contributed by atoms with E-state index in [1.807, 2.05) is 0 Å². The fourth-order valence-corrected chi connectivity index (χ4v) is 2.48. The van der Waals surface area contributed by atoms with Gasteiger partial charge in [0.05, 0.1) is 24.0 Å². The number of carbonyl (C=O) groups excluding carboxylic acids is 1. The number of carbonyl (C=O) groups is 1. The molecule has 4 nitrogen and oxygen atoms in total. The zero-order chi connectivity index (χ0) is 13.1. The van der Waals surface area contributed by atoms with Gasteiger partial charge in [-0.25, -0.2) is 4.79 Å². The molecule has 1 aromatic carbocycles. The van der Waals surface area contributed by atoms with Gasteiger partial charge in [-0.15, -0.1) is 0 Å². The number of ether oxygens (including phenoxy) is 1. The molecule has 3 N–H and O–H groups in total. The standard InChI is InChI=1S/C14H20N2O2/c1-9-3-5-11(7-9)16-13-8-10(14(17)18-2)4-6-12(13)15/h4,6,8-9,11,16H,3,5,7,15H2,1-2H3. The van der Waals surface area contributed by atoms with Gasteiger partial charge < -0.3 is 15.8 Å². The summed E-state index contributed by atoms with van der Waals surface area (Å²) in [6.07, 6.45) is 3.55. The number of rotatable bonds is 3. The molecule has 0 amide bonds. The molecular formula is C14H20N2O2. The highest BCUT2D eigenvalue weighted by molar-refractivity contribution is 5.92. The molecule has 0 spiro atoms. The third kappa shape index (κ3) is 2.75. The van der Waals surface area contributed by atoms with Crippen molar-refractivity contribution in [2.24, 2.45) is 5.92 Å². The van der Waals surface area contributed by atoms with Gasteiger partial charge in [0.25, 0.3) is 0 Å². The lowest BCUT2D eigenvalue weighted by atomic mass is 10.1. The lowest BCUT2D eigenvalue weighted by Crippen LogP contribution is -2.17. The summed E-state index contributed by atoms with van der Waals surface area (Å²) in [6.45, 7) is 2.26. The molecule has 0 bridgehead atoms. The Balaban J connectivity index is 2.13. The molecule has 1 aliphatic carbocycles. The summed E-state index contributed by atoms with van der Waals surface area (Å²) in [6, 6.07) is 5.65. The molecule has 2 unspecified atom stereocenters. The van der Waals surface area contributed by atoms with Crippen molar-refractivity contribution in [1.82, 2.24) is 0 Å². The zero-order valence-corrected chi connectivity index (χ0v) is 10.9. The Morgan fingerprint density at radius 3 is 2.83 bits per heavy atom. The molecule has 1 aliphatic rings. The van der Waals surface area contributed by atoms with Crippen LogP contribution >= 0.6 is 0 Å². The van der Waals surface area contributed by atoms with Crippen molar-refractivity contribution in [2.45, 2.75) is 32.2 Å². The molecule has 98 valence electrons. The van der Waals surface area contributed by atoms with Crippen LogP contribution < -0.4 is 11.1 Å². The number of anilines is 2. The van der Waals surface area contributed by atoms with Crippen molar-refractivity contribution >= 4 is 17.3 Å². The number of nitrogens with two attached hydrogens (primary N) is 1. The molecule has 4 heteroatoms. The smallest absolute Gasteiger partial charge is 0.337 e. The van der Waals surface area contributed by atoms with Gasteiger partial charge in [0.1, 0.15) is 0 Å². The van der Waals surface area contributed by atoms with Gasteiger partial charge in [0.15, 0.2) is 0 Å². The Kier molecular flexibility index (Phi) is 3.75. The van der Waals surface area contributed by atoms with Crippen molar-refractivity contribution in [1.29, 1.82) is 0 Å². The molecule has 0 aromatic heterocycles. The highest BCUT2D eigenvalue weighted by Crippen LogP contribution is 2.30. The average molecular weight is 248 g/mol. The summed E-state index contributed by atoms with van der Waals surface area (Å²) in [5.41, 5.74) is 7.96. The number of nitrogen functional groups attached to an aromatic ring is 1. The minimum absolute atomic E-state index is 0.335. The minimum atomic E-state index is -0.335. The predicted molar refractivity (Wildman–Crippen MR) is 72.6 cm³/mol. The van der Waals surface area contributed by atoms with Crippen molar-refractivity contribution < 1.29 is 9.53 Å². The largest absolute Gasteiger partial charge is 0.465 e. The molecule has 0 aliphatic heterocycles. The molecule has 1 aromatic rings. The van der Waals surface area contributed by atoms with Gasteiger partial charge in [-0.1, -0.05) is 6.92 Å². The first-order chi connectivity index (χ1) is 8.60. The molecular weight excluding hydrogens is 228 g/mol. The summed E-state index contributed by atoms with van der Waals surface area (Å²) in [5, 5.41) is 3.43. The second-order valence-corrected chi connectivity index (χ2v) is 5.05. The Labute approximate surface area is 108 Å². The van der Waals surface area contributed by atoms with E-state index < -0.39 is 0 Å². The van der Waals surface area contributed by atoms with E-state index >= 15 is 0 Å². The number of benzene rings is 1. The zero-order valence-electron chi connectivity index (χ0n) is 10.9. The summed E-state index contributed by atoms with van der Waals surface area (Å²) in [5.74, 6) is 0.422. The topological polar surface area (TPSA) is 64.3 Å². The third-order valence-corrected chi connectivity index (χ3v) is 3.53. The lowest BCUT2D eigenvalue weighted by molar-refractivity contribution is 0.0601. The lowest BCUT2D eigenvalue weighted by Gasteiger charge is -2.16. The normalized spacial score (nSPS) is 22.8. The highest BCUT2D eigenvalue weighted by Gasteiger charge is 2.21. The molecule has 1 saturated carbocycles. The van der Waals surface area contributed by atoms with E-state index in [1.54, 1.807) is 18.2 Å². The van der Waals surface area contributed by atoms with Gasteiger partial charge in [-0.05, 0) is 43.4 Å². The quantitative estimate of drug-likeness (QED) is 0.637. The van der Waals surface area contributed by atoms with Crippen molar-refractivity contribution in [3.63, 3.8) is 0 Å². The van der Waals surface area contributed by atoms with Crippen LogP contribution in [0.15, 0.2) is 18.2 Å². The Bertz CT molecular complexity index is 445. The van der Waals surface area contributed by atoms with Crippen molar-refractivity contribution in [3.05, 3.63) is 23.8 Å². The van der Waals surface area contributed by atoms with Crippen LogP contribution in [0.3, 0.4) is 0 Å². The van der Waals surface area contributed by atoms with Crippen LogP contribution in [0.25, 0.3) is 0 Å². The van der Waals surface area contributed by atoms with Gasteiger partial charge in [-0.2, -0.15) is 0 Å². The maximum Gasteiger partial charge on any atom is 0.337 e. The molecule has 1 fully saturated rings. The predicted octanol–water partition coefficient (Wildman–Crippen LogP) is 2.66. The van der Waals surface area contributed by atoms with Crippen LogP contribution in [0.1, 0.15) is 36.5 Å². The number of hydrogen-bond acceptors (Lipinski definition) is 4. The first-order valence-electron chi connectivity index (χ1n) is 6.34. The van der Waals surface area contributed by atoms with Crippen LogP contribution in [0.2, 0.25) is 0 Å². The van der Waals surface area contributed by atoms with E-state index in [0.717, 1.165) is 24.4 Å². The molecule has 2 rings (SSSR count). The van der Waals surface area contributed by atoms with Gasteiger partial charge in [0, 0.05) is 6.04 Å².